The Balaban J connectivity index is 2.01. The second kappa shape index (κ2) is 5.69. The molecule has 0 aromatic carbocycles. The van der Waals surface area contributed by atoms with Crippen LogP contribution in [0.3, 0.4) is 0 Å². The maximum absolute atomic E-state index is 12.4. The molecule has 0 radical (unpaired) electrons. The average Bonchev–Trinajstić information content (AvgIpc) is 2.87. The number of alkyl halides is 3. The van der Waals surface area contributed by atoms with Gasteiger partial charge in [0.15, 0.2) is 0 Å². The fourth-order valence-corrected chi connectivity index (χ4v) is 2.60. The van der Waals surface area contributed by atoms with Gasteiger partial charge in [-0.15, -0.1) is 0 Å². The van der Waals surface area contributed by atoms with E-state index in [0.29, 0.717) is 6.54 Å². The quantitative estimate of drug-likeness (QED) is 0.921. The van der Waals surface area contributed by atoms with Gasteiger partial charge in [0.2, 0.25) is 5.89 Å². The summed E-state index contributed by atoms with van der Waals surface area (Å²) in [5, 5.41) is 12.5. The van der Waals surface area contributed by atoms with Crippen LogP contribution in [0.25, 0.3) is 0 Å². The number of halogens is 3. The molecule has 1 unspecified atom stereocenters. The molecule has 2 heterocycles. The summed E-state index contributed by atoms with van der Waals surface area (Å²) in [6, 6.07) is 0. The van der Waals surface area contributed by atoms with Gasteiger partial charge in [-0.05, 0) is 25.8 Å². The highest BCUT2D eigenvalue weighted by Gasteiger charge is 2.38. The average molecular weight is 293 g/mol. The molecule has 1 aliphatic heterocycles. The number of nitrogens with zero attached hydrogens (tertiary/aromatic N) is 3. The van der Waals surface area contributed by atoms with Gasteiger partial charge in [0.05, 0.1) is 6.54 Å². The second-order valence-corrected chi connectivity index (χ2v) is 5.34. The van der Waals surface area contributed by atoms with Crippen LogP contribution in [0.2, 0.25) is 0 Å². The van der Waals surface area contributed by atoms with Crippen molar-refractivity contribution in [2.75, 3.05) is 19.7 Å². The highest BCUT2D eigenvalue weighted by molar-refractivity contribution is 4.93. The standard InChI is InChI=1S/C12H18F3N3O2/c1-2-11(8-19)4-3-5-18(7-11)6-9-16-10(17-20-9)12(13,14)15/h19H,2-8H2,1H3. The predicted molar refractivity (Wildman–Crippen MR) is 63.6 cm³/mol. The molecule has 0 saturated carbocycles. The lowest BCUT2D eigenvalue weighted by atomic mass is 9.78. The third-order valence-electron chi connectivity index (χ3n) is 3.91. The highest BCUT2D eigenvalue weighted by Crippen LogP contribution is 2.33. The van der Waals surface area contributed by atoms with Crippen molar-refractivity contribution in [1.29, 1.82) is 0 Å². The van der Waals surface area contributed by atoms with Gasteiger partial charge in [-0.2, -0.15) is 18.2 Å². The van der Waals surface area contributed by atoms with Crippen LogP contribution in [0.4, 0.5) is 13.2 Å². The Bertz CT molecular complexity index is 443. The number of piperidine rings is 1. The van der Waals surface area contributed by atoms with Crippen LogP contribution in [0.5, 0.6) is 0 Å². The molecule has 1 saturated heterocycles. The van der Waals surface area contributed by atoms with Crippen molar-refractivity contribution in [1.82, 2.24) is 15.0 Å². The Hall–Kier alpha value is -1.15. The summed E-state index contributed by atoms with van der Waals surface area (Å²) in [4.78, 5) is 5.32. The van der Waals surface area contributed by atoms with Gasteiger partial charge >= 0.3 is 6.18 Å². The monoisotopic (exact) mass is 293 g/mol. The Labute approximate surface area is 114 Å². The number of likely N-dealkylation sites (tertiary alicyclic amines) is 1. The minimum atomic E-state index is -4.58. The van der Waals surface area contributed by atoms with Crippen molar-refractivity contribution in [3.8, 4) is 0 Å². The summed E-state index contributed by atoms with van der Waals surface area (Å²) >= 11 is 0. The van der Waals surface area contributed by atoms with E-state index in [0.717, 1.165) is 25.8 Å². The molecule has 1 aromatic rings. The Morgan fingerprint density at radius 1 is 1.45 bits per heavy atom. The molecule has 5 nitrogen and oxygen atoms in total. The molecule has 0 spiro atoms. The molecule has 1 aromatic heterocycles. The zero-order valence-electron chi connectivity index (χ0n) is 11.3. The molecule has 1 N–H and O–H groups in total. The maximum Gasteiger partial charge on any atom is 0.455 e. The highest BCUT2D eigenvalue weighted by atomic mass is 19.4. The minimum absolute atomic E-state index is 0.0397. The van der Waals surface area contributed by atoms with E-state index in [1.807, 2.05) is 11.8 Å². The molecular formula is C12H18F3N3O2. The molecule has 1 atom stereocenters. The lowest BCUT2D eigenvalue weighted by Gasteiger charge is -2.40. The van der Waals surface area contributed by atoms with Gasteiger partial charge in [-0.1, -0.05) is 12.1 Å². The molecular weight excluding hydrogens is 275 g/mol. The Morgan fingerprint density at radius 3 is 2.75 bits per heavy atom. The molecule has 1 aliphatic rings. The number of aliphatic hydroxyl groups excluding tert-OH is 1. The SMILES string of the molecule is CCC1(CO)CCCN(Cc2nc(C(F)(F)F)no2)C1. The number of aliphatic hydroxyl groups is 1. The zero-order chi connectivity index (χ0) is 14.8. The topological polar surface area (TPSA) is 62.4 Å². The van der Waals surface area contributed by atoms with Crippen LogP contribution in [0.15, 0.2) is 4.52 Å². The minimum Gasteiger partial charge on any atom is -0.396 e. The van der Waals surface area contributed by atoms with E-state index >= 15 is 0 Å². The van der Waals surface area contributed by atoms with Crippen LogP contribution in [0, 0.1) is 5.41 Å². The lowest BCUT2D eigenvalue weighted by Crippen LogP contribution is -2.44. The first kappa shape index (κ1) is 15.2. The van der Waals surface area contributed by atoms with Crippen LogP contribution in [-0.4, -0.2) is 39.8 Å². The summed E-state index contributed by atoms with van der Waals surface area (Å²) in [7, 11) is 0. The van der Waals surface area contributed by atoms with Crippen molar-refractivity contribution in [2.45, 2.75) is 38.9 Å². The fraction of sp³-hybridized carbons (Fsp3) is 0.833. The molecule has 2 rings (SSSR count). The van der Waals surface area contributed by atoms with Crippen molar-refractivity contribution < 1.29 is 22.8 Å². The fourth-order valence-electron chi connectivity index (χ4n) is 2.60. The number of hydrogen-bond acceptors (Lipinski definition) is 5. The summed E-state index contributed by atoms with van der Waals surface area (Å²) < 4.78 is 41.8. The molecule has 0 amide bonds. The molecule has 114 valence electrons. The van der Waals surface area contributed by atoms with Crippen LogP contribution in [0.1, 0.15) is 37.9 Å². The summed E-state index contributed by atoms with van der Waals surface area (Å²) in [5.41, 5.74) is -0.175. The van der Waals surface area contributed by atoms with Crippen molar-refractivity contribution >= 4 is 0 Å². The van der Waals surface area contributed by atoms with E-state index in [2.05, 4.69) is 14.7 Å². The lowest BCUT2D eigenvalue weighted by molar-refractivity contribution is -0.146. The predicted octanol–water partition coefficient (Wildman–Crippen LogP) is 2.07. The van der Waals surface area contributed by atoms with Crippen LogP contribution in [-0.2, 0) is 12.7 Å². The van der Waals surface area contributed by atoms with E-state index in [1.165, 1.54) is 0 Å². The van der Waals surface area contributed by atoms with Gasteiger partial charge in [-0.3, -0.25) is 4.90 Å². The van der Waals surface area contributed by atoms with E-state index < -0.39 is 12.0 Å². The number of aromatic nitrogens is 2. The summed E-state index contributed by atoms with van der Waals surface area (Å²) in [6.07, 6.45) is -1.93. The first-order valence-electron chi connectivity index (χ1n) is 6.61. The molecule has 1 fully saturated rings. The van der Waals surface area contributed by atoms with Gasteiger partial charge < -0.3 is 9.63 Å². The maximum atomic E-state index is 12.4. The van der Waals surface area contributed by atoms with E-state index in [-0.39, 0.29) is 24.5 Å². The van der Waals surface area contributed by atoms with Crippen molar-refractivity contribution in [2.24, 2.45) is 5.41 Å². The van der Waals surface area contributed by atoms with Crippen molar-refractivity contribution in [3.63, 3.8) is 0 Å². The molecule has 0 aliphatic carbocycles. The van der Waals surface area contributed by atoms with Gasteiger partial charge in [0, 0.05) is 18.6 Å². The molecule has 0 bridgehead atoms. The smallest absolute Gasteiger partial charge is 0.396 e. The van der Waals surface area contributed by atoms with Gasteiger partial charge in [-0.25, -0.2) is 0 Å². The summed E-state index contributed by atoms with van der Waals surface area (Å²) in [6.45, 7) is 3.66. The van der Waals surface area contributed by atoms with Gasteiger partial charge in [0.25, 0.3) is 5.82 Å². The number of hydrogen-bond donors (Lipinski definition) is 1. The molecule has 8 heteroatoms. The Morgan fingerprint density at radius 2 is 2.20 bits per heavy atom. The first-order chi connectivity index (χ1) is 9.38. The summed E-state index contributed by atoms with van der Waals surface area (Å²) in [5.74, 6) is -1.28. The Kier molecular flexibility index (Phi) is 4.33. The largest absolute Gasteiger partial charge is 0.455 e. The molecule has 20 heavy (non-hydrogen) atoms. The zero-order valence-corrected chi connectivity index (χ0v) is 11.3. The van der Waals surface area contributed by atoms with E-state index in [9.17, 15) is 18.3 Å². The van der Waals surface area contributed by atoms with Crippen LogP contribution >= 0.6 is 0 Å². The normalized spacial score (nSPS) is 25.1. The van der Waals surface area contributed by atoms with Crippen LogP contribution < -0.4 is 0 Å². The van der Waals surface area contributed by atoms with Gasteiger partial charge in [0.1, 0.15) is 0 Å². The third kappa shape index (κ3) is 3.29. The number of rotatable bonds is 4. The second-order valence-electron chi connectivity index (χ2n) is 5.34. The first-order valence-corrected chi connectivity index (χ1v) is 6.61. The van der Waals surface area contributed by atoms with E-state index in [1.54, 1.807) is 0 Å². The third-order valence-corrected chi connectivity index (χ3v) is 3.91. The van der Waals surface area contributed by atoms with Crippen molar-refractivity contribution in [3.05, 3.63) is 11.7 Å². The van der Waals surface area contributed by atoms with E-state index in [4.69, 9.17) is 0 Å².